The standard InChI is InChI=1S/C21H16N4O3/c1-13-17(21(26)24-10-14(9-22)11-24)12-25-20(13)19(4-6-23-25)28-16-2-3-18-15(8-16)5-7-27-18/h2-8,12,14H,10-11H2,1H3. The van der Waals surface area contributed by atoms with Crippen molar-refractivity contribution >= 4 is 22.4 Å². The Labute approximate surface area is 160 Å². The largest absolute Gasteiger partial charge is 0.464 e. The zero-order valence-corrected chi connectivity index (χ0v) is 15.1. The highest BCUT2D eigenvalue weighted by Gasteiger charge is 2.32. The number of likely N-dealkylation sites (tertiary alicyclic amines) is 1. The van der Waals surface area contributed by atoms with Crippen LogP contribution in [-0.4, -0.2) is 33.5 Å². The number of ether oxygens (including phenoxy) is 1. The van der Waals surface area contributed by atoms with Crippen LogP contribution >= 0.6 is 0 Å². The van der Waals surface area contributed by atoms with Crippen molar-refractivity contribution in [2.75, 3.05) is 13.1 Å². The second-order valence-electron chi connectivity index (χ2n) is 6.91. The lowest BCUT2D eigenvalue weighted by Gasteiger charge is -2.35. The second kappa shape index (κ2) is 6.13. The average Bonchev–Trinajstić information content (AvgIpc) is 3.25. The summed E-state index contributed by atoms with van der Waals surface area (Å²) in [5.41, 5.74) is 2.92. The van der Waals surface area contributed by atoms with Crippen LogP contribution in [0.2, 0.25) is 0 Å². The first-order valence-corrected chi connectivity index (χ1v) is 8.95. The Kier molecular flexibility index (Phi) is 3.59. The third kappa shape index (κ3) is 2.50. The van der Waals surface area contributed by atoms with Crippen LogP contribution in [0.25, 0.3) is 16.5 Å². The lowest BCUT2D eigenvalue weighted by atomic mass is 10.0. The molecule has 7 heteroatoms. The van der Waals surface area contributed by atoms with Crippen molar-refractivity contribution in [3.63, 3.8) is 0 Å². The van der Waals surface area contributed by atoms with E-state index in [9.17, 15) is 4.79 Å². The van der Waals surface area contributed by atoms with Gasteiger partial charge in [-0.1, -0.05) is 0 Å². The Morgan fingerprint density at radius 1 is 1.32 bits per heavy atom. The molecule has 28 heavy (non-hydrogen) atoms. The number of furan rings is 1. The van der Waals surface area contributed by atoms with Gasteiger partial charge >= 0.3 is 0 Å². The molecular formula is C21H16N4O3. The zero-order valence-electron chi connectivity index (χ0n) is 15.1. The van der Waals surface area contributed by atoms with Crippen molar-refractivity contribution in [1.29, 1.82) is 5.26 Å². The number of hydrogen-bond donors (Lipinski definition) is 0. The first kappa shape index (κ1) is 16.4. The number of benzene rings is 1. The van der Waals surface area contributed by atoms with E-state index in [1.807, 2.05) is 31.2 Å². The van der Waals surface area contributed by atoms with Crippen molar-refractivity contribution in [2.24, 2.45) is 5.92 Å². The van der Waals surface area contributed by atoms with Gasteiger partial charge in [-0.15, -0.1) is 0 Å². The Morgan fingerprint density at radius 2 is 2.18 bits per heavy atom. The molecule has 0 radical (unpaired) electrons. The number of carbonyl (C=O) groups is 1. The number of rotatable bonds is 3. The normalized spacial score (nSPS) is 14.2. The summed E-state index contributed by atoms with van der Waals surface area (Å²) >= 11 is 0. The fourth-order valence-corrected chi connectivity index (χ4v) is 3.55. The molecule has 138 valence electrons. The fraction of sp³-hybridized carbons (Fsp3) is 0.190. The lowest BCUT2D eigenvalue weighted by molar-refractivity contribution is 0.0576. The van der Waals surface area contributed by atoms with E-state index in [4.69, 9.17) is 14.4 Å². The van der Waals surface area contributed by atoms with E-state index in [2.05, 4.69) is 11.2 Å². The van der Waals surface area contributed by atoms with Crippen LogP contribution in [0.4, 0.5) is 0 Å². The molecule has 0 spiro atoms. The summed E-state index contributed by atoms with van der Waals surface area (Å²) in [5.74, 6) is 1.14. The van der Waals surface area contributed by atoms with Gasteiger partial charge in [-0.05, 0) is 36.8 Å². The average molecular weight is 372 g/mol. The molecule has 4 aromatic rings. The second-order valence-corrected chi connectivity index (χ2v) is 6.91. The molecule has 1 aromatic carbocycles. The van der Waals surface area contributed by atoms with E-state index < -0.39 is 0 Å². The molecule has 0 atom stereocenters. The maximum absolute atomic E-state index is 12.8. The number of carbonyl (C=O) groups excluding carboxylic acids is 1. The van der Waals surface area contributed by atoms with Gasteiger partial charge in [0.1, 0.15) is 16.8 Å². The van der Waals surface area contributed by atoms with E-state index in [0.29, 0.717) is 30.2 Å². The highest BCUT2D eigenvalue weighted by Crippen LogP contribution is 2.32. The summed E-state index contributed by atoms with van der Waals surface area (Å²) in [6, 6.07) is 11.5. The van der Waals surface area contributed by atoms with Crippen molar-refractivity contribution in [3.8, 4) is 17.6 Å². The Balaban J connectivity index is 1.50. The molecule has 3 aromatic heterocycles. The Bertz CT molecular complexity index is 1260. The predicted molar refractivity (Wildman–Crippen MR) is 101 cm³/mol. The minimum atomic E-state index is -0.0831. The smallest absolute Gasteiger partial charge is 0.255 e. The maximum Gasteiger partial charge on any atom is 0.255 e. The quantitative estimate of drug-likeness (QED) is 0.546. The molecule has 0 bridgehead atoms. The molecule has 0 aliphatic carbocycles. The van der Waals surface area contributed by atoms with Crippen molar-refractivity contribution in [1.82, 2.24) is 14.5 Å². The summed E-state index contributed by atoms with van der Waals surface area (Å²) in [6.45, 7) is 2.84. The summed E-state index contributed by atoms with van der Waals surface area (Å²) in [6.07, 6.45) is 5.00. The van der Waals surface area contributed by atoms with Crippen molar-refractivity contribution in [2.45, 2.75) is 6.92 Å². The molecule has 1 aliphatic heterocycles. The van der Waals surface area contributed by atoms with E-state index in [-0.39, 0.29) is 11.8 Å². The SMILES string of the molecule is Cc1c(C(=O)N2CC(C#N)C2)cn2nccc(Oc3ccc4occc4c3)c12. The zero-order chi connectivity index (χ0) is 19.3. The van der Waals surface area contributed by atoms with Gasteiger partial charge in [0.25, 0.3) is 5.91 Å². The molecular weight excluding hydrogens is 356 g/mol. The Morgan fingerprint density at radius 3 is 3.00 bits per heavy atom. The van der Waals surface area contributed by atoms with E-state index in [0.717, 1.165) is 22.0 Å². The topological polar surface area (TPSA) is 83.8 Å². The van der Waals surface area contributed by atoms with Gasteiger partial charge in [-0.3, -0.25) is 4.79 Å². The van der Waals surface area contributed by atoms with Crippen LogP contribution in [0.3, 0.4) is 0 Å². The molecule has 4 heterocycles. The van der Waals surface area contributed by atoms with Crippen molar-refractivity contribution < 1.29 is 13.9 Å². The van der Waals surface area contributed by atoms with E-state index in [1.165, 1.54) is 0 Å². The lowest BCUT2D eigenvalue weighted by Crippen LogP contribution is -2.49. The van der Waals surface area contributed by atoms with Crippen LogP contribution in [0.5, 0.6) is 11.5 Å². The Hall–Kier alpha value is -3.79. The first-order chi connectivity index (χ1) is 13.6. The number of fused-ring (bicyclic) bond motifs is 2. The number of aromatic nitrogens is 2. The van der Waals surface area contributed by atoms with Gasteiger partial charge in [-0.25, -0.2) is 4.52 Å². The summed E-state index contributed by atoms with van der Waals surface area (Å²) in [5, 5.41) is 14.2. The molecule has 1 saturated heterocycles. The highest BCUT2D eigenvalue weighted by molar-refractivity contribution is 5.99. The van der Waals surface area contributed by atoms with Crippen LogP contribution < -0.4 is 4.74 Å². The molecule has 7 nitrogen and oxygen atoms in total. The van der Waals surface area contributed by atoms with Crippen molar-refractivity contribution in [3.05, 3.63) is 60.1 Å². The molecule has 0 unspecified atom stereocenters. The molecule has 1 amide bonds. The highest BCUT2D eigenvalue weighted by atomic mass is 16.5. The van der Waals surface area contributed by atoms with Crippen LogP contribution in [0.15, 0.2) is 53.4 Å². The molecule has 5 rings (SSSR count). The number of aryl methyl sites for hydroxylation is 1. The van der Waals surface area contributed by atoms with E-state index >= 15 is 0 Å². The fourth-order valence-electron chi connectivity index (χ4n) is 3.55. The molecule has 0 N–H and O–H groups in total. The van der Waals surface area contributed by atoms with Gasteiger partial charge in [0, 0.05) is 30.7 Å². The third-order valence-electron chi connectivity index (χ3n) is 5.12. The van der Waals surface area contributed by atoms with Crippen LogP contribution in [0, 0.1) is 24.2 Å². The molecule has 1 aliphatic rings. The minimum absolute atomic E-state index is 0.0730. The monoisotopic (exact) mass is 372 g/mol. The van der Waals surface area contributed by atoms with Gasteiger partial charge in [0.15, 0.2) is 5.75 Å². The van der Waals surface area contributed by atoms with Gasteiger partial charge in [0.2, 0.25) is 0 Å². The van der Waals surface area contributed by atoms with E-state index in [1.54, 1.807) is 34.1 Å². The molecule has 0 saturated carbocycles. The van der Waals surface area contributed by atoms with Gasteiger partial charge < -0.3 is 14.1 Å². The third-order valence-corrected chi connectivity index (χ3v) is 5.12. The number of nitrogens with zero attached hydrogens (tertiary/aromatic N) is 4. The number of nitriles is 1. The van der Waals surface area contributed by atoms with Gasteiger partial charge in [-0.2, -0.15) is 10.4 Å². The maximum atomic E-state index is 12.8. The number of amides is 1. The molecule has 1 fully saturated rings. The summed E-state index contributed by atoms with van der Waals surface area (Å²) in [4.78, 5) is 14.5. The number of hydrogen-bond acceptors (Lipinski definition) is 5. The van der Waals surface area contributed by atoms with Crippen LogP contribution in [0.1, 0.15) is 15.9 Å². The predicted octanol–water partition coefficient (Wildman–Crippen LogP) is 3.78. The summed E-state index contributed by atoms with van der Waals surface area (Å²) in [7, 11) is 0. The first-order valence-electron chi connectivity index (χ1n) is 8.95. The summed E-state index contributed by atoms with van der Waals surface area (Å²) < 4.78 is 13.1. The minimum Gasteiger partial charge on any atom is -0.464 e. The van der Waals surface area contributed by atoms with Gasteiger partial charge in [0.05, 0.1) is 30.0 Å². The van der Waals surface area contributed by atoms with Crippen LogP contribution in [-0.2, 0) is 0 Å².